The van der Waals surface area contributed by atoms with Crippen molar-refractivity contribution in [2.24, 2.45) is 0 Å². The smallest absolute Gasteiger partial charge is 0.337 e. The SMILES string of the molecule is COC(=O)c1ccc([C@H]2/C(=C(\O)c3ccc(Cl)cc3)C(=O)C(=O)N2c2nc3c(C)cc(C)cc3s2)cc1. The maximum Gasteiger partial charge on any atom is 0.337 e. The van der Waals surface area contributed by atoms with Gasteiger partial charge in [-0.25, -0.2) is 9.78 Å². The van der Waals surface area contributed by atoms with Crippen LogP contribution in [0.25, 0.3) is 16.0 Å². The summed E-state index contributed by atoms with van der Waals surface area (Å²) in [7, 11) is 1.29. The van der Waals surface area contributed by atoms with Crippen LogP contribution in [0.5, 0.6) is 0 Å². The Morgan fingerprint density at radius 2 is 1.68 bits per heavy atom. The highest BCUT2D eigenvalue weighted by atomic mass is 35.5. The Hall–Kier alpha value is -4.01. The first-order valence-corrected chi connectivity index (χ1v) is 12.5. The van der Waals surface area contributed by atoms with Crippen molar-refractivity contribution in [2.75, 3.05) is 12.0 Å². The number of hydrogen-bond donors (Lipinski definition) is 1. The summed E-state index contributed by atoms with van der Waals surface area (Å²) in [5, 5.41) is 12.0. The van der Waals surface area contributed by atoms with Crippen molar-refractivity contribution in [1.29, 1.82) is 0 Å². The molecule has 0 bridgehead atoms. The Morgan fingerprint density at radius 1 is 1.03 bits per heavy atom. The van der Waals surface area contributed by atoms with Crippen molar-refractivity contribution in [1.82, 2.24) is 4.98 Å². The summed E-state index contributed by atoms with van der Waals surface area (Å²) >= 11 is 7.30. The predicted octanol–water partition coefficient (Wildman–Crippen LogP) is 5.98. The minimum absolute atomic E-state index is 0.0784. The number of amides is 1. The van der Waals surface area contributed by atoms with Crippen molar-refractivity contribution in [3.05, 3.63) is 99.1 Å². The van der Waals surface area contributed by atoms with Gasteiger partial charge in [0.15, 0.2) is 5.13 Å². The number of rotatable bonds is 4. The maximum atomic E-state index is 13.4. The second kappa shape index (κ2) is 9.46. The predicted molar refractivity (Wildman–Crippen MR) is 143 cm³/mol. The lowest BCUT2D eigenvalue weighted by Crippen LogP contribution is -2.29. The highest BCUT2D eigenvalue weighted by Crippen LogP contribution is 2.44. The van der Waals surface area contributed by atoms with Crippen LogP contribution in [0.15, 0.2) is 66.2 Å². The summed E-state index contributed by atoms with van der Waals surface area (Å²) in [6.07, 6.45) is 0. The third kappa shape index (κ3) is 4.28. The molecule has 1 N–H and O–H groups in total. The number of aromatic nitrogens is 1. The number of nitrogens with zero attached hydrogens (tertiary/aromatic N) is 2. The Kier molecular flexibility index (Phi) is 6.31. The van der Waals surface area contributed by atoms with Gasteiger partial charge in [0, 0.05) is 10.6 Å². The van der Waals surface area contributed by atoms with Crippen LogP contribution in [0.1, 0.15) is 38.7 Å². The number of thiazole rings is 1. The van der Waals surface area contributed by atoms with E-state index in [0.29, 0.717) is 26.8 Å². The van der Waals surface area contributed by atoms with Crippen molar-refractivity contribution in [3.63, 3.8) is 0 Å². The summed E-state index contributed by atoms with van der Waals surface area (Å²) in [5.41, 5.74) is 3.85. The van der Waals surface area contributed by atoms with Crippen LogP contribution >= 0.6 is 22.9 Å². The molecule has 1 atom stereocenters. The van der Waals surface area contributed by atoms with Crippen LogP contribution < -0.4 is 4.90 Å². The molecule has 4 aromatic rings. The summed E-state index contributed by atoms with van der Waals surface area (Å²) in [6.45, 7) is 3.92. The number of aliphatic hydroxyl groups is 1. The fraction of sp³-hybridized carbons (Fsp3) is 0.143. The molecule has 7 nitrogen and oxygen atoms in total. The molecule has 1 aliphatic rings. The number of aryl methyl sites for hydroxylation is 2. The number of hydrogen-bond acceptors (Lipinski definition) is 7. The zero-order valence-corrected chi connectivity index (χ0v) is 21.7. The first kappa shape index (κ1) is 24.7. The molecule has 9 heteroatoms. The first-order chi connectivity index (χ1) is 17.7. The molecule has 1 fully saturated rings. The van der Waals surface area contributed by atoms with E-state index in [1.165, 1.54) is 23.3 Å². The lowest BCUT2D eigenvalue weighted by molar-refractivity contribution is -0.132. The number of carbonyl (C=O) groups excluding carboxylic acids is 3. The van der Waals surface area contributed by atoms with Gasteiger partial charge >= 0.3 is 11.9 Å². The number of ether oxygens (including phenoxy) is 1. The van der Waals surface area contributed by atoms with E-state index in [2.05, 4.69) is 0 Å². The van der Waals surface area contributed by atoms with Gasteiger partial charge in [-0.05, 0) is 73.0 Å². The molecular weight excluding hydrogens is 512 g/mol. The number of carbonyl (C=O) groups is 3. The summed E-state index contributed by atoms with van der Waals surface area (Å²) in [4.78, 5) is 44.8. The van der Waals surface area contributed by atoms with Gasteiger partial charge in [0.25, 0.3) is 5.78 Å². The Balaban J connectivity index is 1.72. The van der Waals surface area contributed by atoms with Crippen LogP contribution in [-0.2, 0) is 14.3 Å². The van der Waals surface area contributed by atoms with Crippen molar-refractivity contribution < 1.29 is 24.2 Å². The van der Waals surface area contributed by atoms with Gasteiger partial charge in [-0.15, -0.1) is 0 Å². The summed E-state index contributed by atoms with van der Waals surface area (Å²) in [6, 6.07) is 15.7. The molecular formula is C28H21ClN2O5S. The molecule has 1 aromatic heterocycles. The van der Waals surface area contributed by atoms with E-state index in [-0.39, 0.29) is 11.3 Å². The molecule has 0 saturated carbocycles. The normalized spacial score (nSPS) is 17.0. The highest BCUT2D eigenvalue weighted by Gasteiger charge is 2.48. The van der Waals surface area contributed by atoms with Crippen LogP contribution in [0.4, 0.5) is 5.13 Å². The molecule has 1 aliphatic heterocycles. The third-order valence-corrected chi connectivity index (χ3v) is 7.49. The number of benzene rings is 3. The molecule has 1 amide bonds. The van der Waals surface area contributed by atoms with E-state index in [0.717, 1.165) is 21.3 Å². The first-order valence-electron chi connectivity index (χ1n) is 11.3. The molecule has 37 heavy (non-hydrogen) atoms. The molecule has 186 valence electrons. The zero-order valence-electron chi connectivity index (χ0n) is 20.1. The minimum Gasteiger partial charge on any atom is -0.507 e. The molecule has 0 aliphatic carbocycles. The van der Waals surface area contributed by atoms with E-state index in [1.807, 2.05) is 26.0 Å². The van der Waals surface area contributed by atoms with Crippen LogP contribution in [-0.4, -0.2) is 34.9 Å². The molecule has 1 saturated heterocycles. The summed E-state index contributed by atoms with van der Waals surface area (Å²) < 4.78 is 5.66. The fourth-order valence-electron chi connectivity index (χ4n) is 4.49. The van der Waals surface area contributed by atoms with Gasteiger partial charge in [0.1, 0.15) is 5.76 Å². The van der Waals surface area contributed by atoms with E-state index < -0.39 is 23.7 Å². The van der Waals surface area contributed by atoms with Crippen LogP contribution in [0.2, 0.25) is 5.02 Å². The number of halogens is 1. The van der Waals surface area contributed by atoms with Crippen molar-refractivity contribution in [3.8, 4) is 0 Å². The van der Waals surface area contributed by atoms with Gasteiger partial charge in [-0.2, -0.15) is 0 Å². The second-order valence-electron chi connectivity index (χ2n) is 8.71. The molecule has 0 unspecified atom stereocenters. The topological polar surface area (TPSA) is 96.8 Å². The third-order valence-electron chi connectivity index (χ3n) is 6.23. The van der Waals surface area contributed by atoms with Crippen molar-refractivity contribution in [2.45, 2.75) is 19.9 Å². The van der Waals surface area contributed by atoms with Crippen LogP contribution in [0.3, 0.4) is 0 Å². The fourth-order valence-corrected chi connectivity index (χ4v) is 5.78. The number of fused-ring (bicyclic) bond motifs is 1. The lowest BCUT2D eigenvalue weighted by atomic mass is 9.95. The summed E-state index contributed by atoms with van der Waals surface area (Å²) in [5.74, 6) is -2.47. The van der Waals surface area contributed by atoms with Crippen molar-refractivity contribution >= 4 is 61.7 Å². The number of methoxy groups -OCH3 is 1. The number of aliphatic hydroxyl groups excluding tert-OH is 1. The van der Waals surface area contributed by atoms with E-state index in [4.69, 9.17) is 21.3 Å². The molecule has 0 spiro atoms. The zero-order chi connectivity index (χ0) is 26.4. The highest BCUT2D eigenvalue weighted by molar-refractivity contribution is 7.22. The Bertz CT molecular complexity index is 1610. The standard InChI is InChI=1S/C28H21ClN2O5S/c1-14-12-15(2)22-20(13-14)37-28(30-22)31-23(16-4-6-18(7-5-16)27(35)36-3)21(25(33)26(31)34)24(32)17-8-10-19(29)11-9-17/h4-13,23,32H,1-3H3/b24-21+/t23-/m0/s1. The molecule has 0 radical (unpaired) electrons. The average Bonchev–Trinajstić information content (AvgIpc) is 3.42. The lowest BCUT2D eigenvalue weighted by Gasteiger charge is -2.23. The van der Waals surface area contributed by atoms with Gasteiger partial charge in [0.2, 0.25) is 0 Å². The largest absolute Gasteiger partial charge is 0.507 e. The van der Waals surface area contributed by atoms with E-state index in [9.17, 15) is 19.5 Å². The Morgan fingerprint density at radius 3 is 2.32 bits per heavy atom. The van der Waals surface area contributed by atoms with Crippen LogP contribution in [0, 0.1) is 13.8 Å². The van der Waals surface area contributed by atoms with Gasteiger partial charge in [-0.1, -0.05) is 41.1 Å². The van der Waals surface area contributed by atoms with Gasteiger partial charge in [-0.3, -0.25) is 14.5 Å². The molecule has 5 rings (SSSR count). The number of ketones is 1. The average molecular weight is 533 g/mol. The quantitative estimate of drug-likeness (QED) is 0.150. The number of esters is 1. The van der Waals surface area contributed by atoms with Gasteiger partial charge < -0.3 is 9.84 Å². The van der Waals surface area contributed by atoms with Gasteiger partial charge in [0.05, 0.1) is 34.5 Å². The van der Waals surface area contributed by atoms with E-state index in [1.54, 1.807) is 48.5 Å². The number of Topliss-reactive ketones (excluding diaryl/α,β-unsaturated/α-hetero) is 1. The van der Waals surface area contributed by atoms with E-state index >= 15 is 0 Å². The molecule has 3 aromatic carbocycles. The minimum atomic E-state index is -0.968. The Labute approximate surface area is 221 Å². The molecule has 2 heterocycles. The number of anilines is 1. The monoisotopic (exact) mass is 532 g/mol. The maximum absolute atomic E-state index is 13.4. The second-order valence-corrected chi connectivity index (χ2v) is 10.2.